The number of nitrogens with one attached hydrogen (secondary N) is 1. The van der Waals surface area contributed by atoms with Gasteiger partial charge in [-0.05, 0) is 43.9 Å². The first-order valence-corrected chi connectivity index (χ1v) is 7.04. The summed E-state index contributed by atoms with van der Waals surface area (Å²) in [5.41, 5.74) is 0.431. The van der Waals surface area contributed by atoms with Crippen LogP contribution in [0.4, 0.5) is 0 Å². The second kappa shape index (κ2) is 5.83. The van der Waals surface area contributed by atoms with Crippen molar-refractivity contribution in [1.29, 1.82) is 0 Å². The Morgan fingerprint density at radius 3 is 2.44 bits per heavy atom. The van der Waals surface area contributed by atoms with Gasteiger partial charge in [0.15, 0.2) is 0 Å². The molecule has 0 aliphatic rings. The minimum atomic E-state index is 0.431. The van der Waals surface area contributed by atoms with Gasteiger partial charge in [0.05, 0.1) is 0 Å². The largest absolute Gasteiger partial charge is 0.312 e. The SMILES string of the molecule is CCc1ccc(C(CCC(C)(C)C)NC)s1. The summed E-state index contributed by atoms with van der Waals surface area (Å²) in [6, 6.07) is 5.08. The number of thiophene rings is 1. The molecule has 1 heterocycles. The fourth-order valence-corrected chi connectivity index (χ4v) is 2.88. The van der Waals surface area contributed by atoms with E-state index in [9.17, 15) is 0 Å². The molecule has 0 aromatic carbocycles. The van der Waals surface area contributed by atoms with E-state index in [2.05, 4.69) is 52.2 Å². The Bertz CT molecular complexity index is 309. The van der Waals surface area contributed by atoms with E-state index in [1.165, 1.54) is 22.6 Å². The topological polar surface area (TPSA) is 12.0 Å². The molecule has 1 rings (SSSR count). The zero-order valence-electron chi connectivity index (χ0n) is 11.3. The second-order valence-electron chi connectivity index (χ2n) is 5.60. The van der Waals surface area contributed by atoms with Crippen LogP contribution in [0, 0.1) is 5.41 Å². The Balaban J connectivity index is 2.60. The molecule has 2 heteroatoms. The van der Waals surface area contributed by atoms with Gasteiger partial charge in [0.1, 0.15) is 0 Å². The van der Waals surface area contributed by atoms with E-state index in [1.54, 1.807) is 0 Å². The summed E-state index contributed by atoms with van der Waals surface area (Å²) in [6.45, 7) is 9.15. The predicted octanol–water partition coefficient (Wildman–Crippen LogP) is 4.40. The standard InChI is InChI=1S/C14H25NS/c1-6-11-7-8-13(16-11)12(15-5)9-10-14(2,3)4/h7-8,12,15H,6,9-10H2,1-5H3. The molecular weight excluding hydrogens is 214 g/mol. The molecule has 1 nitrogen and oxygen atoms in total. The Morgan fingerprint density at radius 1 is 1.31 bits per heavy atom. The van der Waals surface area contributed by atoms with Crippen molar-refractivity contribution >= 4 is 11.3 Å². The van der Waals surface area contributed by atoms with Gasteiger partial charge in [-0.1, -0.05) is 27.7 Å². The molecule has 0 saturated carbocycles. The minimum absolute atomic E-state index is 0.431. The summed E-state index contributed by atoms with van der Waals surface area (Å²) in [5.74, 6) is 0. The normalized spacial score (nSPS) is 14.1. The number of hydrogen-bond donors (Lipinski definition) is 1. The maximum absolute atomic E-state index is 3.44. The summed E-state index contributed by atoms with van der Waals surface area (Å²) in [5, 5.41) is 3.44. The molecule has 0 spiro atoms. The average Bonchev–Trinajstić information content (AvgIpc) is 2.65. The highest BCUT2D eigenvalue weighted by atomic mass is 32.1. The molecule has 0 bridgehead atoms. The third kappa shape index (κ3) is 4.26. The average molecular weight is 239 g/mol. The molecule has 1 aromatic rings. The van der Waals surface area contributed by atoms with E-state index in [0.29, 0.717) is 11.5 Å². The zero-order chi connectivity index (χ0) is 12.2. The van der Waals surface area contributed by atoms with Gasteiger partial charge < -0.3 is 5.32 Å². The van der Waals surface area contributed by atoms with Crippen LogP contribution in [0.15, 0.2) is 12.1 Å². The van der Waals surface area contributed by atoms with Crippen molar-refractivity contribution in [3.05, 3.63) is 21.9 Å². The lowest BCUT2D eigenvalue weighted by atomic mass is 9.88. The summed E-state index contributed by atoms with van der Waals surface area (Å²) in [6.07, 6.45) is 3.64. The Kier molecular flexibility index (Phi) is 5.00. The van der Waals surface area contributed by atoms with Gasteiger partial charge in [-0.2, -0.15) is 0 Å². The minimum Gasteiger partial charge on any atom is -0.312 e. The highest BCUT2D eigenvalue weighted by molar-refractivity contribution is 7.12. The molecule has 0 radical (unpaired) electrons. The molecule has 92 valence electrons. The lowest BCUT2D eigenvalue weighted by Crippen LogP contribution is -2.17. The molecule has 1 aromatic heterocycles. The van der Waals surface area contributed by atoms with Gasteiger partial charge >= 0.3 is 0 Å². The van der Waals surface area contributed by atoms with Crippen LogP contribution in [0.5, 0.6) is 0 Å². The van der Waals surface area contributed by atoms with Crippen molar-refractivity contribution in [2.45, 2.75) is 53.0 Å². The predicted molar refractivity (Wildman–Crippen MR) is 74.2 cm³/mol. The number of hydrogen-bond acceptors (Lipinski definition) is 2. The van der Waals surface area contributed by atoms with Gasteiger partial charge in [0, 0.05) is 15.8 Å². The lowest BCUT2D eigenvalue weighted by molar-refractivity contribution is 0.339. The highest BCUT2D eigenvalue weighted by Crippen LogP contribution is 2.30. The molecule has 1 unspecified atom stereocenters. The molecule has 0 aliphatic carbocycles. The van der Waals surface area contributed by atoms with Crippen LogP contribution >= 0.6 is 11.3 Å². The third-order valence-electron chi connectivity index (χ3n) is 2.91. The van der Waals surface area contributed by atoms with Crippen LogP contribution in [0.3, 0.4) is 0 Å². The van der Waals surface area contributed by atoms with Crippen LogP contribution in [-0.4, -0.2) is 7.05 Å². The molecule has 0 amide bonds. The highest BCUT2D eigenvalue weighted by Gasteiger charge is 2.16. The Morgan fingerprint density at radius 2 is 2.00 bits per heavy atom. The Labute approximate surface area is 104 Å². The summed E-state index contributed by atoms with van der Waals surface area (Å²) < 4.78 is 0. The third-order valence-corrected chi connectivity index (χ3v) is 4.25. The van der Waals surface area contributed by atoms with E-state index in [-0.39, 0.29) is 0 Å². The first-order valence-electron chi connectivity index (χ1n) is 6.22. The van der Waals surface area contributed by atoms with Crippen molar-refractivity contribution in [1.82, 2.24) is 5.32 Å². The van der Waals surface area contributed by atoms with E-state index < -0.39 is 0 Å². The zero-order valence-corrected chi connectivity index (χ0v) is 12.1. The molecule has 16 heavy (non-hydrogen) atoms. The second-order valence-corrected chi connectivity index (χ2v) is 6.80. The van der Waals surface area contributed by atoms with Crippen molar-refractivity contribution < 1.29 is 0 Å². The van der Waals surface area contributed by atoms with Gasteiger partial charge in [0.25, 0.3) is 0 Å². The maximum atomic E-state index is 3.44. The van der Waals surface area contributed by atoms with E-state index in [1.807, 2.05) is 11.3 Å². The van der Waals surface area contributed by atoms with E-state index in [4.69, 9.17) is 0 Å². The summed E-state index contributed by atoms with van der Waals surface area (Å²) in [7, 11) is 2.07. The Hall–Kier alpha value is -0.340. The van der Waals surface area contributed by atoms with Crippen molar-refractivity contribution in [2.24, 2.45) is 5.41 Å². The monoisotopic (exact) mass is 239 g/mol. The van der Waals surface area contributed by atoms with Crippen LogP contribution in [0.2, 0.25) is 0 Å². The molecule has 0 saturated heterocycles. The quantitative estimate of drug-likeness (QED) is 0.803. The fraction of sp³-hybridized carbons (Fsp3) is 0.714. The van der Waals surface area contributed by atoms with Crippen LogP contribution in [-0.2, 0) is 6.42 Å². The van der Waals surface area contributed by atoms with Crippen LogP contribution < -0.4 is 5.32 Å². The summed E-state index contributed by atoms with van der Waals surface area (Å²) in [4.78, 5) is 2.98. The van der Waals surface area contributed by atoms with Gasteiger partial charge in [0.2, 0.25) is 0 Å². The lowest BCUT2D eigenvalue weighted by Gasteiger charge is -2.22. The molecule has 1 N–H and O–H groups in total. The smallest absolute Gasteiger partial charge is 0.0412 e. The number of rotatable bonds is 5. The fourth-order valence-electron chi connectivity index (χ4n) is 1.78. The van der Waals surface area contributed by atoms with E-state index >= 15 is 0 Å². The van der Waals surface area contributed by atoms with Crippen molar-refractivity contribution in [3.63, 3.8) is 0 Å². The van der Waals surface area contributed by atoms with Gasteiger partial charge in [-0.15, -0.1) is 11.3 Å². The molecule has 0 aliphatic heterocycles. The van der Waals surface area contributed by atoms with Crippen molar-refractivity contribution in [2.75, 3.05) is 7.05 Å². The van der Waals surface area contributed by atoms with Gasteiger partial charge in [-0.25, -0.2) is 0 Å². The number of aryl methyl sites for hydroxylation is 1. The first kappa shape index (κ1) is 13.7. The summed E-state index contributed by atoms with van der Waals surface area (Å²) >= 11 is 1.95. The molecule has 1 atom stereocenters. The maximum Gasteiger partial charge on any atom is 0.0412 e. The van der Waals surface area contributed by atoms with Crippen LogP contribution in [0.1, 0.15) is 56.3 Å². The van der Waals surface area contributed by atoms with Crippen LogP contribution in [0.25, 0.3) is 0 Å². The molecular formula is C14H25NS. The van der Waals surface area contributed by atoms with Gasteiger partial charge in [-0.3, -0.25) is 0 Å². The van der Waals surface area contributed by atoms with Crippen molar-refractivity contribution in [3.8, 4) is 0 Å². The molecule has 0 fully saturated rings. The van der Waals surface area contributed by atoms with E-state index in [0.717, 1.165) is 6.42 Å². The first-order chi connectivity index (χ1) is 7.46.